The highest BCUT2D eigenvalue weighted by Gasteiger charge is 2.40. The first-order valence-corrected chi connectivity index (χ1v) is 11.8. The van der Waals surface area contributed by atoms with Crippen LogP contribution in [0.1, 0.15) is 25.3 Å². The average Bonchev–Trinajstić information content (AvgIpc) is 2.85. The first kappa shape index (κ1) is 24.7. The number of rotatable bonds is 8. The molecule has 35 heavy (non-hydrogen) atoms. The van der Waals surface area contributed by atoms with Crippen molar-refractivity contribution in [3.63, 3.8) is 0 Å². The number of aliphatic hydroxyl groups excluding tert-OH is 2. The van der Waals surface area contributed by atoms with E-state index in [0.29, 0.717) is 42.9 Å². The molecule has 2 unspecified atom stereocenters. The molecule has 0 radical (unpaired) electrons. The number of ether oxygens (including phenoxy) is 2. The van der Waals surface area contributed by atoms with Gasteiger partial charge in [-0.05, 0) is 72.4 Å². The SMILES string of the molecule is CC(=O)NCCc1ccc(OC2CCC(Oc3ccccc3)[C@H](O)[C@@H]2O)cc1-c1cccc(F)c1. The van der Waals surface area contributed by atoms with E-state index in [2.05, 4.69) is 5.32 Å². The Balaban J connectivity index is 1.49. The molecule has 1 aliphatic carbocycles. The van der Waals surface area contributed by atoms with Gasteiger partial charge in [-0.25, -0.2) is 4.39 Å². The van der Waals surface area contributed by atoms with Gasteiger partial charge in [0.15, 0.2) is 0 Å². The van der Waals surface area contributed by atoms with Crippen LogP contribution >= 0.6 is 0 Å². The van der Waals surface area contributed by atoms with Crippen molar-refractivity contribution in [2.45, 2.75) is 50.6 Å². The lowest BCUT2D eigenvalue weighted by Gasteiger charge is -2.37. The Morgan fingerprint density at radius 2 is 1.60 bits per heavy atom. The van der Waals surface area contributed by atoms with E-state index in [1.54, 1.807) is 12.1 Å². The molecule has 6 nitrogen and oxygen atoms in total. The minimum Gasteiger partial charge on any atom is -0.488 e. The van der Waals surface area contributed by atoms with Gasteiger partial charge in [0, 0.05) is 13.5 Å². The molecule has 3 aromatic carbocycles. The zero-order chi connectivity index (χ0) is 24.8. The normalized spacial score (nSPS) is 21.8. The summed E-state index contributed by atoms with van der Waals surface area (Å²) >= 11 is 0. The van der Waals surface area contributed by atoms with Crippen LogP contribution in [0.2, 0.25) is 0 Å². The van der Waals surface area contributed by atoms with Crippen molar-refractivity contribution in [1.82, 2.24) is 5.32 Å². The summed E-state index contributed by atoms with van der Waals surface area (Å²) in [5, 5.41) is 24.2. The van der Waals surface area contributed by atoms with E-state index in [1.165, 1.54) is 19.1 Å². The van der Waals surface area contributed by atoms with Crippen LogP contribution in [0.4, 0.5) is 4.39 Å². The van der Waals surface area contributed by atoms with Crippen molar-refractivity contribution in [3.05, 3.63) is 84.2 Å². The molecule has 0 bridgehead atoms. The van der Waals surface area contributed by atoms with Gasteiger partial charge in [0.2, 0.25) is 5.91 Å². The molecule has 1 aliphatic rings. The van der Waals surface area contributed by atoms with Gasteiger partial charge in [-0.1, -0.05) is 36.4 Å². The van der Waals surface area contributed by atoms with Crippen LogP contribution in [0.3, 0.4) is 0 Å². The quantitative estimate of drug-likeness (QED) is 0.456. The number of nitrogens with one attached hydrogen (secondary N) is 1. The van der Waals surface area contributed by atoms with Gasteiger partial charge in [0.05, 0.1) is 0 Å². The number of hydrogen-bond donors (Lipinski definition) is 3. The lowest BCUT2D eigenvalue weighted by atomic mass is 9.89. The Labute approximate surface area is 204 Å². The summed E-state index contributed by atoms with van der Waals surface area (Å²) in [7, 11) is 0. The summed E-state index contributed by atoms with van der Waals surface area (Å²) in [4.78, 5) is 11.3. The number of benzene rings is 3. The Morgan fingerprint density at radius 1 is 0.914 bits per heavy atom. The van der Waals surface area contributed by atoms with Crippen LogP contribution in [0.25, 0.3) is 11.1 Å². The predicted molar refractivity (Wildman–Crippen MR) is 131 cm³/mol. The molecular weight excluding hydrogens is 449 g/mol. The minimum atomic E-state index is -1.13. The summed E-state index contributed by atoms with van der Waals surface area (Å²) in [5.74, 6) is 0.678. The van der Waals surface area contributed by atoms with Gasteiger partial charge in [0.25, 0.3) is 0 Å². The maximum absolute atomic E-state index is 13.9. The number of hydrogen-bond acceptors (Lipinski definition) is 5. The molecule has 0 saturated heterocycles. The third-order valence-corrected chi connectivity index (χ3v) is 6.15. The molecule has 0 aromatic heterocycles. The fourth-order valence-electron chi connectivity index (χ4n) is 4.36. The highest BCUT2D eigenvalue weighted by molar-refractivity contribution is 5.73. The van der Waals surface area contributed by atoms with Crippen LogP contribution in [0.5, 0.6) is 11.5 Å². The Kier molecular flexibility index (Phi) is 8.00. The minimum absolute atomic E-state index is 0.114. The van der Waals surface area contributed by atoms with Crippen LogP contribution in [-0.2, 0) is 11.2 Å². The zero-order valence-electron chi connectivity index (χ0n) is 19.6. The van der Waals surface area contributed by atoms with Gasteiger partial charge in [-0.3, -0.25) is 4.79 Å². The molecule has 1 amide bonds. The molecule has 3 N–H and O–H groups in total. The van der Waals surface area contributed by atoms with Crippen LogP contribution < -0.4 is 14.8 Å². The average molecular weight is 480 g/mol. The van der Waals surface area contributed by atoms with E-state index in [9.17, 15) is 19.4 Å². The molecule has 4 atom stereocenters. The Hall–Kier alpha value is -3.42. The highest BCUT2D eigenvalue weighted by Crippen LogP contribution is 2.32. The first-order chi connectivity index (χ1) is 16.9. The monoisotopic (exact) mass is 479 g/mol. The molecule has 3 aromatic rings. The second-order valence-corrected chi connectivity index (χ2v) is 8.75. The van der Waals surface area contributed by atoms with Crippen LogP contribution in [-0.4, -0.2) is 47.1 Å². The van der Waals surface area contributed by atoms with E-state index in [1.807, 2.05) is 48.5 Å². The van der Waals surface area contributed by atoms with Gasteiger partial charge < -0.3 is 25.0 Å². The lowest BCUT2D eigenvalue weighted by Crippen LogP contribution is -2.53. The summed E-state index contributed by atoms with van der Waals surface area (Å²) in [5.41, 5.74) is 2.40. The molecule has 4 rings (SSSR count). The van der Waals surface area contributed by atoms with Gasteiger partial charge >= 0.3 is 0 Å². The Morgan fingerprint density at radius 3 is 2.26 bits per heavy atom. The number of carbonyl (C=O) groups is 1. The van der Waals surface area contributed by atoms with Gasteiger partial charge in [-0.15, -0.1) is 0 Å². The number of aliphatic hydroxyl groups is 2. The first-order valence-electron chi connectivity index (χ1n) is 11.8. The van der Waals surface area contributed by atoms with Crippen LogP contribution in [0, 0.1) is 5.82 Å². The Bertz CT molecular complexity index is 1140. The summed E-state index contributed by atoms with van der Waals surface area (Å²) in [6, 6.07) is 21.0. The largest absolute Gasteiger partial charge is 0.488 e. The number of amides is 1. The standard InChI is InChI=1S/C28H30FNO5/c1-18(31)30-15-14-19-10-11-23(17-24(19)20-6-5-7-21(29)16-20)35-26-13-12-25(27(32)28(26)33)34-22-8-3-2-4-9-22/h2-11,16-17,25-28,32-33H,12-15H2,1H3,(H,30,31)/t25?,26?,27-,28+/m0/s1. The summed E-state index contributed by atoms with van der Waals surface area (Å²) < 4.78 is 25.9. The maximum Gasteiger partial charge on any atom is 0.216 e. The smallest absolute Gasteiger partial charge is 0.216 e. The molecule has 7 heteroatoms. The third-order valence-electron chi connectivity index (χ3n) is 6.15. The number of carbonyl (C=O) groups excluding carboxylic acids is 1. The van der Waals surface area contributed by atoms with E-state index < -0.39 is 24.4 Å². The molecular formula is C28H30FNO5. The van der Waals surface area contributed by atoms with E-state index in [-0.39, 0.29) is 11.7 Å². The summed E-state index contributed by atoms with van der Waals surface area (Å²) in [6.07, 6.45) is -1.81. The number of halogens is 1. The van der Waals surface area contributed by atoms with Crippen LogP contribution in [0.15, 0.2) is 72.8 Å². The van der Waals surface area contributed by atoms with Crippen molar-refractivity contribution in [2.24, 2.45) is 0 Å². The number of para-hydroxylation sites is 1. The fraction of sp³-hybridized carbons (Fsp3) is 0.321. The lowest BCUT2D eigenvalue weighted by molar-refractivity contribution is -0.120. The van der Waals surface area contributed by atoms with Crippen molar-refractivity contribution < 1.29 is 28.9 Å². The van der Waals surface area contributed by atoms with E-state index in [0.717, 1.165) is 11.1 Å². The zero-order valence-corrected chi connectivity index (χ0v) is 19.6. The molecule has 0 heterocycles. The second kappa shape index (κ2) is 11.3. The van der Waals surface area contributed by atoms with Gasteiger partial charge in [-0.2, -0.15) is 0 Å². The van der Waals surface area contributed by atoms with Crippen molar-refractivity contribution >= 4 is 5.91 Å². The van der Waals surface area contributed by atoms with E-state index in [4.69, 9.17) is 9.47 Å². The topological polar surface area (TPSA) is 88.0 Å². The summed E-state index contributed by atoms with van der Waals surface area (Å²) in [6.45, 7) is 1.91. The third kappa shape index (κ3) is 6.38. The molecule has 0 spiro atoms. The highest BCUT2D eigenvalue weighted by atomic mass is 19.1. The molecule has 1 fully saturated rings. The second-order valence-electron chi connectivity index (χ2n) is 8.75. The molecule has 184 valence electrons. The van der Waals surface area contributed by atoms with Crippen molar-refractivity contribution in [1.29, 1.82) is 0 Å². The predicted octanol–water partition coefficient (Wildman–Crippen LogP) is 3.88. The fourth-order valence-corrected chi connectivity index (χ4v) is 4.36. The molecule has 0 aliphatic heterocycles. The van der Waals surface area contributed by atoms with Crippen molar-refractivity contribution in [3.8, 4) is 22.6 Å². The molecule has 1 saturated carbocycles. The maximum atomic E-state index is 13.9. The van der Waals surface area contributed by atoms with E-state index >= 15 is 0 Å². The van der Waals surface area contributed by atoms with Crippen molar-refractivity contribution in [2.75, 3.05) is 6.54 Å². The van der Waals surface area contributed by atoms with Gasteiger partial charge in [0.1, 0.15) is 41.7 Å².